The molecule has 8 heteroatoms. The largest absolute Gasteiger partial charge is 0.419 e. The SMILES string of the molecule is O=C(Nc1ccc(F)c(C(F)(F)F)c1)Nc1cccc(-c2ccc3c(c2)CC[CH]C3)c1F. The molecule has 3 aromatic rings. The molecule has 0 unspecified atom stereocenters. The van der Waals surface area contributed by atoms with Crippen LogP contribution in [0.25, 0.3) is 11.1 Å². The maximum atomic E-state index is 15.1. The van der Waals surface area contributed by atoms with Gasteiger partial charge in [-0.05, 0) is 66.6 Å². The number of fused-ring (bicyclic) bond motifs is 1. The monoisotopic (exact) mass is 445 g/mol. The zero-order valence-corrected chi connectivity index (χ0v) is 16.7. The molecule has 3 aromatic carbocycles. The standard InChI is InChI=1S/C24H18F5N2O/c25-20-11-10-17(13-19(20)24(27,28)29)30-23(32)31-21-7-3-6-18(22(21)26)16-9-8-14-4-1-2-5-15(14)12-16/h1,3,6-13H,2,4-5H2,(H2,30,31,32). The van der Waals surface area contributed by atoms with Crippen LogP contribution in [0.3, 0.4) is 0 Å². The van der Waals surface area contributed by atoms with Crippen molar-refractivity contribution < 1.29 is 26.7 Å². The Labute approximate surface area is 181 Å². The third-order valence-electron chi connectivity index (χ3n) is 5.28. The van der Waals surface area contributed by atoms with Gasteiger partial charge in [0, 0.05) is 11.3 Å². The van der Waals surface area contributed by atoms with Gasteiger partial charge in [-0.3, -0.25) is 0 Å². The van der Waals surface area contributed by atoms with Crippen LogP contribution in [0.5, 0.6) is 0 Å². The highest BCUT2D eigenvalue weighted by Gasteiger charge is 2.34. The minimum atomic E-state index is -4.91. The number of anilines is 2. The second-order valence-corrected chi connectivity index (χ2v) is 7.45. The average Bonchev–Trinajstić information content (AvgIpc) is 2.75. The van der Waals surface area contributed by atoms with Crippen molar-refractivity contribution in [2.45, 2.75) is 25.4 Å². The number of amides is 2. The van der Waals surface area contributed by atoms with Crippen molar-refractivity contribution in [1.29, 1.82) is 0 Å². The van der Waals surface area contributed by atoms with Gasteiger partial charge in [-0.1, -0.05) is 30.3 Å². The van der Waals surface area contributed by atoms with Gasteiger partial charge in [0.15, 0.2) is 5.82 Å². The molecular weight excluding hydrogens is 427 g/mol. The summed E-state index contributed by atoms with van der Waals surface area (Å²) in [5, 5.41) is 4.47. The van der Waals surface area contributed by atoms with Crippen LogP contribution >= 0.6 is 0 Å². The Hall–Kier alpha value is -3.42. The molecule has 0 heterocycles. The summed E-state index contributed by atoms with van der Waals surface area (Å²) in [6.07, 6.45) is -0.00170. The Kier molecular flexibility index (Phi) is 5.86. The summed E-state index contributed by atoms with van der Waals surface area (Å²) >= 11 is 0. The summed E-state index contributed by atoms with van der Waals surface area (Å²) in [4.78, 5) is 12.3. The number of benzene rings is 3. The number of rotatable bonds is 3. The van der Waals surface area contributed by atoms with Crippen molar-refractivity contribution in [3.8, 4) is 11.1 Å². The fraction of sp³-hybridized carbons (Fsp3) is 0.167. The van der Waals surface area contributed by atoms with Gasteiger partial charge in [-0.15, -0.1) is 0 Å². The lowest BCUT2D eigenvalue weighted by molar-refractivity contribution is -0.139. The predicted octanol–water partition coefficient (Wildman–Crippen LogP) is 6.99. The first kappa shape index (κ1) is 21.8. The van der Waals surface area contributed by atoms with Gasteiger partial charge < -0.3 is 10.6 Å². The van der Waals surface area contributed by atoms with E-state index in [2.05, 4.69) is 17.1 Å². The van der Waals surface area contributed by atoms with E-state index in [0.717, 1.165) is 30.9 Å². The summed E-state index contributed by atoms with van der Waals surface area (Å²) in [5.74, 6) is -2.12. The zero-order chi connectivity index (χ0) is 22.9. The molecule has 165 valence electrons. The van der Waals surface area contributed by atoms with Crippen LogP contribution in [0.4, 0.5) is 38.1 Å². The Morgan fingerprint density at radius 1 is 0.906 bits per heavy atom. The van der Waals surface area contributed by atoms with E-state index in [1.165, 1.54) is 11.6 Å². The molecule has 0 aromatic heterocycles. The van der Waals surface area contributed by atoms with Gasteiger partial charge in [-0.25, -0.2) is 13.6 Å². The molecule has 32 heavy (non-hydrogen) atoms. The smallest absolute Gasteiger partial charge is 0.308 e. The number of hydrogen-bond donors (Lipinski definition) is 2. The first-order valence-electron chi connectivity index (χ1n) is 9.89. The first-order valence-corrected chi connectivity index (χ1v) is 9.89. The molecule has 1 aliphatic carbocycles. The highest BCUT2D eigenvalue weighted by molar-refractivity contribution is 6.00. The number of aryl methyl sites for hydroxylation is 1. The second-order valence-electron chi connectivity index (χ2n) is 7.45. The lowest BCUT2D eigenvalue weighted by Crippen LogP contribution is -2.21. The Morgan fingerprint density at radius 2 is 1.72 bits per heavy atom. The maximum Gasteiger partial charge on any atom is 0.419 e. The quantitative estimate of drug-likeness (QED) is 0.419. The molecule has 0 aliphatic heterocycles. The molecule has 0 saturated heterocycles. The summed E-state index contributed by atoms with van der Waals surface area (Å²) < 4.78 is 67.1. The van der Waals surface area contributed by atoms with Crippen LogP contribution in [0.1, 0.15) is 23.1 Å². The molecule has 4 rings (SSSR count). The highest BCUT2D eigenvalue weighted by atomic mass is 19.4. The van der Waals surface area contributed by atoms with Crippen LogP contribution in [0.15, 0.2) is 54.6 Å². The van der Waals surface area contributed by atoms with Gasteiger partial charge >= 0.3 is 12.2 Å². The Morgan fingerprint density at radius 3 is 2.50 bits per heavy atom. The minimum Gasteiger partial charge on any atom is -0.308 e. The van der Waals surface area contributed by atoms with E-state index >= 15 is 4.39 Å². The van der Waals surface area contributed by atoms with Crippen LogP contribution in [-0.2, 0) is 19.0 Å². The highest BCUT2D eigenvalue weighted by Crippen LogP contribution is 2.34. The van der Waals surface area contributed by atoms with E-state index < -0.39 is 29.4 Å². The third kappa shape index (κ3) is 4.59. The van der Waals surface area contributed by atoms with E-state index in [1.807, 2.05) is 18.2 Å². The normalized spacial score (nSPS) is 13.4. The molecule has 1 radical (unpaired) electrons. The number of hydrogen-bond acceptors (Lipinski definition) is 1. The van der Waals surface area contributed by atoms with Gasteiger partial charge in [0.25, 0.3) is 0 Å². The van der Waals surface area contributed by atoms with Gasteiger partial charge in [0.1, 0.15) is 5.82 Å². The van der Waals surface area contributed by atoms with E-state index in [4.69, 9.17) is 0 Å². The first-order chi connectivity index (χ1) is 15.2. The molecule has 0 bridgehead atoms. The van der Waals surface area contributed by atoms with Crippen LogP contribution in [-0.4, -0.2) is 6.03 Å². The summed E-state index contributed by atoms with van der Waals surface area (Å²) in [6.45, 7) is 0. The fourth-order valence-electron chi connectivity index (χ4n) is 3.70. The maximum absolute atomic E-state index is 15.1. The second kappa shape index (κ2) is 8.61. The number of carbonyl (C=O) groups is 1. The van der Waals surface area contributed by atoms with Crippen molar-refractivity contribution in [2.24, 2.45) is 0 Å². The van der Waals surface area contributed by atoms with Crippen molar-refractivity contribution in [1.82, 2.24) is 0 Å². The molecular formula is C24H18F5N2O. The molecule has 2 amide bonds. The fourth-order valence-corrected chi connectivity index (χ4v) is 3.70. The summed E-state index contributed by atoms with van der Waals surface area (Å²) in [5.41, 5.74) is 1.39. The number of nitrogens with one attached hydrogen (secondary N) is 2. The summed E-state index contributed by atoms with van der Waals surface area (Å²) in [6, 6.07) is 11.3. The molecule has 3 nitrogen and oxygen atoms in total. The zero-order valence-electron chi connectivity index (χ0n) is 16.7. The molecule has 0 fully saturated rings. The molecule has 1 aliphatic rings. The number of alkyl halides is 3. The van der Waals surface area contributed by atoms with Gasteiger partial charge in [0.2, 0.25) is 0 Å². The van der Waals surface area contributed by atoms with E-state index in [-0.39, 0.29) is 11.4 Å². The number of halogens is 5. The van der Waals surface area contributed by atoms with Crippen molar-refractivity contribution >= 4 is 17.4 Å². The van der Waals surface area contributed by atoms with E-state index in [1.54, 1.807) is 12.1 Å². The Balaban J connectivity index is 1.54. The molecule has 0 spiro atoms. The predicted molar refractivity (Wildman–Crippen MR) is 112 cm³/mol. The van der Waals surface area contributed by atoms with E-state index in [9.17, 15) is 22.4 Å². The molecule has 0 atom stereocenters. The van der Waals surface area contributed by atoms with Crippen LogP contribution in [0, 0.1) is 18.1 Å². The van der Waals surface area contributed by atoms with Crippen molar-refractivity contribution in [2.75, 3.05) is 10.6 Å². The lowest BCUT2D eigenvalue weighted by Gasteiger charge is -2.17. The lowest BCUT2D eigenvalue weighted by atomic mass is 9.89. The Bertz CT molecular complexity index is 1170. The van der Waals surface area contributed by atoms with E-state index in [0.29, 0.717) is 23.3 Å². The van der Waals surface area contributed by atoms with Crippen LogP contribution in [0.2, 0.25) is 0 Å². The topological polar surface area (TPSA) is 41.1 Å². The average molecular weight is 445 g/mol. The van der Waals surface area contributed by atoms with Gasteiger partial charge in [-0.2, -0.15) is 13.2 Å². The van der Waals surface area contributed by atoms with Crippen molar-refractivity contribution in [3.05, 3.63) is 89.3 Å². The number of urea groups is 1. The van der Waals surface area contributed by atoms with Gasteiger partial charge in [0.05, 0.1) is 11.3 Å². The molecule has 0 saturated carbocycles. The number of carbonyl (C=O) groups excluding carboxylic acids is 1. The minimum absolute atomic E-state index is 0.135. The molecule has 2 N–H and O–H groups in total. The summed E-state index contributed by atoms with van der Waals surface area (Å²) in [7, 11) is 0. The third-order valence-corrected chi connectivity index (χ3v) is 5.28. The van der Waals surface area contributed by atoms with Crippen LogP contribution < -0.4 is 10.6 Å². The van der Waals surface area contributed by atoms with Crippen molar-refractivity contribution in [3.63, 3.8) is 0 Å².